The Morgan fingerprint density at radius 1 is 1.11 bits per heavy atom. The minimum atomic E-state index is -0.817. The molecule has 27 heavy (non-hydrogen) atoms. The summed E-state index contributed by atoms with van der Waals surface area (Å²) in [6.45, 7) is 0. The molecular formula is C21H20N2O4. The number of nitrogens with one attached hydrogen (secondary N) is 1. The molecule has 0 radical (unpaired) electrons. The van der Waals surface area contributed by atoms with Gasteiger partial charge in [-0.25, -0.2) is 0 Å². The number of nitrogens with zero attached hydrogens (tertiary/aromatic N) is 1. The summed E-state index contributed by atoms with van der Waals surface area (Å²) in [5.41, 5.74) is 1.78. The molecule has 6 heteroatoms. The van der Waals surface area contributed by atoms with Crippen molar-refractivity contribution >= 4 is 23.1 Å². The van der Waals surface area contributed by atoms with E-state index in [9.17, 15) is 19.7 Å². The van der Waals surface area contributed by atoms with E-state index in [1.54, 1.807) is 12.1 Å². The molecule has 2 aromatic rings. The number of hydrogen-bond donors (Lipinski definition) is 1. The van der Waals surface area contributed by atoms with Gasteiger partial charge in [-0.05, 0) is 42.4 Å². The first-order valence-corrected chi connectivity index (χ1v) is 9.17. The lowest BCUT2D eigenvalue weighted by atomic mass is 9.62. The fourth-order valence-electron chi connectivity index (χ4n) is 4.57. The summed E-state index contributed by atoms with van der Waals surface area (Å²) in [6, 6.07) is 14.0. The van der Waals surface area contributed by atoms with Crippen LogP contribution in [0.5, 0.6) is 0 Å². The van der Waals surface area contributed by atoms with Crippen LogP contribution >= 0.6 is 0 Å². The van der Waals surface area contributed by atoms with Crippen LogP contribution in [0.4, 0.5) is 11.4 Å². The van der Waals surface area contributed by atoms with E-state index in [1.807, 2.05) is 24.3 Å². The van der Waals surface area contributed by atoms with Gasteiger partial charge in [0.25, 0.3) is 5.69 Å². The topological polar surface area (TPSA) is 89.3 Å². The molecule has 4 rings (SSSR count). The van der Waals surface area contributed by atoms with E-state index in [-0.39, 0.29) is 23.3 Å². The molecule has 138 valence electrons. The van der Waals surface area contributed by atoms with E-state index in [0.29, 0.717) is 19.3 Å². The Labute approximate surface area is 156 Å². The summed E-state index contributed by atoms with van der Waals surface area (Å²) in [4.78, 5) is 35.9. The number of hydrogen-bond acceptors (Lipinski definition) is 4. The molecule has 0 aromatic heterocycles. The summed E-state index contributed by atoms with van der Waals surface area (Å²) in [7, 11) is 0. The number of benzene rings is 2. The van der Waals surface area contributed by atoms with Crippen LogP contribution in [0.25, 0.3) is 0 Å². The van der Waals surface area contributed by atoms with Gasteiger partial charge in [-0.2, -0.15) is 0 Å². The molecule has 6 nitrogen and oxygen atoms in total. The van der Waals surface area contributed by atoms with E-state index < -0.39 is 10.3 Å². The average molecular weight is 364 g/mol. The van der Waals surface area contributed by atoms with Crippen LogP contribution in [0.15, 0.2) is 48.5 Å². The van der Waals surface area contributed by atoms with E-state index in [1.165, 1.54) is 12.1 Å². The standard InChI is InChI=1S/C21H20N2O4/c24-17-5-3-4-15(12-17)21(13-14-8-10-16(11-9-14)23(26)27)18-6-1-2-7-19(18)22-20(21)25/h1-2,6-11,15H,3-5,12-13H2,(H,22,25)/t15-,21+/m0/s1. The van der Waals surface area contributed by atoms with Gasteiger partial charge in [-0.1, -0.05) is 30.3 Å². The number of Topliss-reactive ketones (excluding diaryl/α,β-unsaturated/α-hetero) is 1. The molecule has 1 aliphatic heterocycles. The maximum atomic E-state index is 13.2. The Kier molecular flexibility index (Phi) is 4.26. The van der Waals surface area contributed by atoms with E-state index in [4.69, 9.17) is 0 Å². The quantitative estimate of drug-likeness (QED) is 0.660. The smallest absolute Gasteiger partial charge is 0.269 e. The number of nitro benzene ring substituents is 1. The zero-order valence-electron chi connectivity index (χ0n) is 14.8. The van der Waals surface area contributed by atoms with Crippen molar-refractivity contribution in [1.82, 2.24) is 0 Å². The number of carbonyl (C=O) groups excluding carboxylic acids is 2. The summed E-state index contributed by atoms with van der Waals surface area (Å²) >= 11 is 0. The lowest BCUT2D eigenvalue weighted by molar-refractivity contribution is -0.384. The van der Waals surface area contributed by atoms with Gasteiger partial charge < -0.3 is 5.32 Å². The number of non-ortho nitro benzene ring substituents is 1. The van der Waals surface area contributed by atoms with Gasteiger partial charge >= 0.3 is 0 Å². The van der Waals surface area contributed by atoms with Crippen molar-refractivity contribution in [3.63, 3.8) is 0 Å². The highest BCUT2D eigenvalue weighted by molar-refractivity contribution is 6.07. The van der Waals surface area contributed by atoms with E-state index >= 15 is 0 Å². The highest BCUT2D eigenvalue weighted by Crippen LogP contribution is 2.49. The Morgan fingerprint density at radius 2 is 1.85 bits per heavy atom. The van der Waals surface area contributed by atoms with Gasteiger partial charge in [0, 0.05) is 30.7 Å². The maximum Gasteiger partial charge on any atom is 0.269 e. The lowest BCUT2D eigenvalue weighted by Gasteiger charge is -2.38. The van der Waals surface area contributed by atoms with Crippen molar-refractivity contribution < 1.29 is 14.5 Å². The Balaban J connectivity index is 1.78. The lowest BCUT2D eigenvalue weighted by Crippen LogP contribution is -2.45. The summed E-state index contributed by atoms with van der Waals surface area (Å²) in [5, 5.41) is 13.9. The first kappa shape index (κ1) is 17.4. The van der Waals surface area contributed by atoms with Crippen LogP contribution < -0.4 is 5.32 Å². The molecule has 1 N–H and O–H groups in total. The molecule has 1 fully saturated rings. The molecule has 1 aliphatic carbocycles. The van der Waals surface area contributed by atoms with Crippen LogP contribution in [0.1, 0.15) is 36.8 Å². The number of anilines is 1. The van der Waals surface area contributed by atoms with Gasteiger partial charge in [0.05, 0.1) is 10.3 Å². The van der Waals surface area contributed by atoms with Crippen LogP contribution in [0, 0.1) is 16.0 Å². The first-order valence-electron chi connectivity index (χ1n) is 9.17. The number of amides is 1. The zero-order valence-corrected chi connectivity index (χ0v) is 14.8. The normalized spacial score (nSPS) is 24.4. The van der Waals surface area contributed by atoms with Gasteiger partial charge in [0.2, 0.25) is 5.91 Å². The summed E-state index contributed by atoms with van der Waals surface area (Å²) in [5.74, 6) is 0.0471. The van der Waals surface area contributed by atoms with Crippen LogP contribution in [-0.2, 0) is 21.4 Å². The highest BCUT2D eigenvalue weighted by Gasteiger charge is 2.52. The molecule has 0 spiro atoms. The molecule has 0 saturated heterocycles. The van der Waals surface area contributed by atoms with E-state index in [0.717, 1.165) is 29.7 Å². The number of nitro groups is 1. The highest BCUT2D eigenvalue weighted by atomic mass is 16.6. The Bertz CT molecular complexity index is 922. The van der Waals surface area contributed by atoms with Crippen LogP contribution in [0.3, 0.4) is 0 Å². The minimum absolute atomic E-state index is 0.0249. The molecule has 2 aliphatic rings. The molecule has 2 aromatic carbocycles. The number of rotatable bonds is 4. The van der Waals surface area contributed by atoms with Crippen LogP contribution in [0.2, 0.25) is 0 Å². The van der Waals surface area contributed by atoms with Crippen molar-refractivity contribution in [1.29, 1.82) is 0 Å². The van der Waals surface area contributed by atoms with Crippen molar-refractivity contribution in [2.45, 2.75) is 37.5 Å². The molecule has 0 bridgehead atoms. The van der Waals surface area contributed by atoms with Crippen molar-refractivity contribution in [2.75, 3.05) is 5.32 Å². The third-order valence-electron chi connectivity index (χ3n) is 5.87. The molecule has 0 unspecified atom stereocenters. The number of fused-ring (bicyclic) bond motifs is 1. The summed E-state index contributed by atoms with van der Waals surface area (Å²) in [6.07, 6.45) is 3.01. The molecule has 1 saturated carbocycles. The second kappa shape index (κ2) is 6.61. The van der Waals surface area contributed by atoms with Crippen LogP contribution in [-0.4, -0.2) is 16.6 Å². The van der Waals surface area contributed by atoms with Crippen molar-refractivity contribution in [2.24, 2.45) is 5.92 Å². The number of ketones is 1. The van der Waals surface area contributed by atoms with Gasteiger partial charge in [0.15, 0.2) is 0 Å². The summed E-state index contributed by atoms with van der Waals surface area (Å²) < 4.78 is 0. The maximum absolute atomic E-state index is 13.2. The van der Waals surface area contributed by atoms with Crippen molar-refractivity contribution in [3.8, 4) is 0 Å². The third-order valence-corrected chi connectivity index (χ3v) is 5.87. The Hall–Kier alpha value is -3.02. The van der Waals surface area contributed by atoms with Gasteiger partial charge in [-0.15, -0.1) is 0 Å². The minimum Gasteiger partial charge on any atom is -0.325 e. The number of carbonyl (C=O) groups is 2. The third kappa shape index (κ3) is 2.91. The fraction of sp³-hybridized carbons (Fsp3) is 0.333. The molecule has 2 atom stereocenters. The first-order chi connectivity index (χ1) is 13.0. The predicted molar refractivity (Wildman–Crippen MR) is 101 cm³/mol. The predicted octanol–water partition coefficient (Wildman–Crippen LogP) is 3.79. The second-order valence-corrected chi connectivity index (χ2v) is 7.40. The van der Waals surface area contributed by atoms with Crippen molar-refractivity contribution in [3.05, 3.63) is 69.8 Å². The SMILES string of the molecule is O=C1CCC[C@H]([C@@]2(Cc3ccc([N+](=O)[O-])cc3)C(=O)Nc3ccccc32)C1. The second-order valence-electron chi connectivity index (χ2n) is 7.40. The van der Waals surface area contributed by atoms with E-state index in [2.05, 4.69) is 5.32 Å². The molecule has 1 heterocycles. The van der Waals surface area contributed by atoms with Gasteiger partial charge in [0.1, 0.15) is 5.78 Å². The fourth-order valence-corrected chi connectivity index (χ4v) is 4.57. The van der Waals surface area contributed by atoms with Gasteiger partial charge in [-0.3, -0.25) is 19.7 Å². The Morgan fingerprint density at radius 3 is 2.56 bits per heavy atom. The molecule has 1 amide bonds. The zero-order chi connectivity index (χ0) is 19.0. The average Bonchev–Trinajstić information content (AvgIpc) is 2.95. The largest absolute Gasteiger partial charge is 0.325 e. The monoisotopic (exact) mass is 364 g/mol. The molecular weight excluding hydrogens is 344 g/mol. The number of para-hydroxylation sites is 1.